The number of amides is 1. The van der Waals surface area contributed by atoms with Crippen molar-refractivity contribution in [1.29, 1.82) is 0 Å². The van der Waals surface area contributed by atoms with Crippen molar-refractivity contribution < 1.29 is 9.53 Å². The molecular formula is C31H33N5O2S. The molecule has 3 heterocycles. The number of hydrogen-bond acceptors (Lipinski definition) is 4. The molecule has 39 heavy (non-hydrogen) atoms. The molecule has 1 aliphatic heterocycles. The summed E-state index contributed by atoms with van der Waals surface area (Å²) >= 11 is 5.84. The zero-order chi connectivity index (χ0) is 27.5. The normalized spacial score (nSPS) is 16.7. The van der Waals surface area contributed by atoms with Gasteiger partial charge in [-0.05, 0) is 80.5 Å². The van der Waals surface area contributed by atoms with E-state index >= 15 is 0 Å². The number of nitrogens with one attached hydrogen (secondary N) is 2. The van der Waals surface area contributed by atoms with Crippen LogP contribution in [0.25, 0.3) is 5.69 Å². The lowest BCUT2D eigenvalue weighted by Gasteiger charge is -2.28. The standard InChI is InChI=1S/C31H33N5O2S/c1-20-11-5-7-14-26(20)36-21(2)19-23(22(36)3)30-29(25-13-9-10-17-32-25)34-31(39)35(30)18-16-28(37)33-24-12-6-8-15-27(24)38-4/h5-15,17,19,29-30H,16,18H2,1-4H3,(H,33,37)(H,34,39)/t29-,30-/m0/s1. The second kappa shape index (κ2) is 11.3. The number of ether oxygens (including phenoxy) is 1. The third-order valence-corrected chi connectivity index (χ3v) is 7.66. The Bertz CT molecular complexity index is 1500. The SMILES string of the molecule is COc1ccccc1NC(=O)CCN1C(=S)N[C@@H](c2ccccn2)[C@@H]1c1cc(C)n(-c2ccccc2C)c1C. The lowest BCUT2D eigenvalue weighted by molar-refractivity contribution is -0.116. The molecule has 0 aliphatic carbocycles. The van der Waals surface area contributed by atoms with Gasteiger partial charge in [-0.25, -0.2) is 0 Å². The van der Waals surface area contributed by atoms with E-state index in [4.69, 9.17) is 17.0 Å². The smallest absolute Gasteiger partial charge is 0.226 e. The summed E-state index contributed by atoms with van der Waals surface area (Å²) in [6, 6.07) is 23.7. The maximum Gasteiger partial charge on any atom is 0.226 e. The molecule has 1 saturated heterocycles. The molecule has 7 nitrogen and oxygen atoms in total. The first kappa shape index (κ1) is 26.4. The first-order valence-electron chi connectivity index (χ1n) is 13.0. The van der Waals surface area contributed by atoms with Crippen LogP contribution in [0.4, 0.5) is 5.69 Å². The second-order valence-corrected chi connectivity index (χ2v) is 10.2. The maximum atomic E-state index is 13.0. The van der Waals surface area contributed by atoms with Gasteiger partial charge in [-0.15, -0.1) is 0 Å². The number of carbonyl (C=O) groups excluding carboxylic acids is 1. The molecule has 2 atom stereocenters. The fourth-order valence-electron chi connectivity index (χ4n) is 5.44. The molecule has 2 aromatic carbocycles. The summed E-state index contributed by atoms with van der Waals surface area (Å²) in [5.74, 6) is 0.522. The fraction of sp³-hybridized carbons (Fsp3) is 0.258. The molecule has 2 aromatic heterocycles. The second-order valence-electron chi connectivity index (χ2n) is 9.77. The lowest BCUT2D eigenvalue weighted by atomic mass is 9.96. The van der Waals surface area contributed by atoms with Gasteiger partial charge in [0.15, 0.2) is 5.11 Å². The molecule has 8 heteroatoms. The number of aromatic nitrogens is 2. The molecule has 0 saturated carbocycles. The molecule has 1 fully saturated rings. The third-order valence-electron chi connectivity index (χ3n) is 7.30. The zero-order valence-electron chi connectivity index (χ0n) is 22.6. The molecular weight excluding hydrogens is 506 g/mol. The summed E-state index contributed by atoms with van der Waals surface area (Å²) in [4.78, 5) is 19.8. The predicted octanol–water partition coefficient (Wildman–Crippen LogP) is 5.81. The Hall–Kier alpha value is -4.17. The highest BCUT2D eigenvalue weighted by Gasteiger charge is 2.41. The summed E-state index contributed by atoms with van der Waals surface area (Å²) in [7, 11) is 1.59. The average Bonchev–Trinajstić information content (AvgIpc) is 3.42. The Morgan fingerprint density at radius 2 is 1.79 bits per heavy atom. The van der Waals surface area contributed by atoms with Gasteiger partial charge in [-0.1, -0.05) is 36.4 Å². The van der Waals surface area contributed by atoms with Crippen LogP contribution in [0, 0.1) is 20.8 Å². The maximum absolute atomic E-state index is 13.0. The van der Waals surface area contributed by atoms with E-state index in [1.165, 1.54) is 5.56 Å². The van der Waals surface area contributed by atoms with E-state index in [2.05, 4.69) is 76.2 Å². The van der Waals surface area contributed by atoms with Crippen LogP contribution in [-0.2, 0) is 4.79 Å². The number of pyridine rings is 1. The summed E-state index contributed by atoms with van der Waals surface area (Å²) in [6.07, 6.45) is 2.07. The van der Waals surface area contributed by atoms with Crippen LogP contribution in [0.2, 0.25) is 0 Å². The Morgan fingerprint density at radius 3 is 2.54 bits per heavy atom. The quantitative estimate of drug-likeness (QED) is 0.276. The number of anilines is 1. The zero-order valence-corrected chi connectivity index (χ0v) is 23.5. The van der Waals surface area contributed by atoms with Crippen LogP contribution in [0.1, 0.15) is 46.7 Å². The van der Waals surface area contributed by atoms with Crippen LogP contribution >= 0.6 is 12.2 Å². The van der Waals surface area contributed by atoms with Crippen molar-refractivity contribution in [2.24, 2.45) is 0 Å². The van der Waals surface area contributed by atoms with Crippen LogP contribution < -0.4 is 15.4 Å². The van der Waals surface area contributed by atoms with E-state index < -0.39 is 0 Å². The topological polar surface area (TPSA) is 71.4 Å². The summed E-state index contributed by atoms with van der Waals surface area (Å²) in [6.45, 7) is 6.86. The molecule has 1 amide bonds. The third kappa shape index (κ3) is 5.25. The number of benzene rings is 2. The molecule has 0 bridgehead atoms. The average molecular weight is 540 g/mol. The molecule has 5 rings (SSSR count). The number of methoxy groups -OCH3 is 1. The Kier molecular flexibility index (Phi) is 7.65. The predicted molar refractivity (Wildman–Crippen MR) is 158 cm³/mol. The number of thiocarbonyl (C=S) groups is 1. The van der Waals surface area contributed by atoms with Crippen LogP contribution in [0.15, 0.2) is 79.0 Å². The first-order valence-corrected chi connectivity index (χ1v) is 13.5. The number of aryl methyl sites for hydroxylation is 2. The summed E-state index contributed by atoms with van der Waals surface area (Å²) < 4.78 is 7.69. The van der Waals surface area contributed by atoms with Gasteiger partial charge >= 0.3 is 0 Å². The van der Waals surface area contributed by atoms with Gasteiger partial charge in [0.2, 0.25) is 5.91 Å². The van der Waals surface area contributed by atoms with Crippen molar-refractivity contribution in [2.45, 2.75) is 39.3 Å². The molecule has 2 N–H and O–H groups in total. The lowest BCUT2D eigenvalue weighted by Crippen LogP contribution is -2.33. The summed E-state index contributed by atoms with van der Waals surface area (Å²) in [5.41, 5.74) is 7.36. The van der Waals surface area contributed by atoms with Crippen molar-refractivity contribution in [1.82, 2.24) is 19.8 Å². The van der Waals surface area contributed by atoms with Crippen molar-refractivity contribution >= 4 is 28.9 Å². The van der Waals surface area contributed by atoms with E-state index in [0.717, 1.165) is 28.3 Å². The van der Waals surface area contributed by atoms with Gasteiger partial charge < -0.3 is 24.8 Å². The molecule has 1 aliphatic rings. The molecule has 0 spiro atoms. The van der Waals surface area contributed by atoms with E-state index in [0.29, 0.717) is 23.1 Å². The highest BCUT2D eigenvalue weighted by Crippen LogP contribution is 2.41. The van der Waals surface area contributed by atoms with Gasteiger partial charge in [0.25, 0.3) is 0 Å². The van der Waals surface area contributed by atoms with E-state index in [1.807, 2.05) is 42.5 Å². The highest BCUT2D eigenvalue weighted by atomic mass is 32.1. The number of para-hydroxylation sites is 3. The van der Waals surface area contributed by atoms with Crippen molar-refractivity contribution in [3.63, 3.8) is 0 Å². The molecule has 0 radical (unpaired) electrons. The fourth-order valence-corrected chi connectivity index (χ4v) is 5.77. The van der Waals surface area contributed by atoms with Crippen molar-refractivity contribution in [3.8, 4) is 11.4 Å². The van der Waals surface area contributed by atoms with Gasteiger partial charge in [0.05, 0.1) is 30.6 Å². The largest absolute Gasteiger partial charge is 0.495 e. The Labute approximate surface area is 234 Å². The first-order chi connectivity index (χ1) is 18.9. The number of hydrogen-bond donors (Lipinski definition) is 2. The molecule has 0 unspecified atom stereocenters. The number of rotatable bonds is 8. The Balaban J connectivity index is 1.47. The number of nitrogens with zero attached hydrogens (tertiary/aromatic N) is 3. The monoisotopic (exact) mass is 539 g/mol. The number of carbonyl (C=O) groups is 1. The van der Waals surface area contributed by atoms with E-state index in [9.17, 15) is 4.79 Å². The van der Waals surface area contributed by atoms with Crippen LogP contribution in [0.3, 0.4) is 0 Å². The van der Waals surface area contributed by atoms with Crippen molar-refractivity contribution in [3.05, 3.63) is 107 Å². The Morgan fingerprint density at radius 1 is 1.05 bits per heavy atom. The highest BCUT2D eigenvalue weighted by molar-refractivity contribution is 7.80. The van der Waals surface area contributed by atoms with Gasteiger partial charge in [-0.3, -0.25) is 9.78 Å². The van der Waals surface area contributed by atoms with Gasteiger partial charge in [0.1, 0.15) is 5.75 Å². The summed E-state index contributed by atoms with van der Waals surface area (Å²) in [5, 5.41) is 7.09. The van der Waals surface area contributed by atoms with Gasteiger partial charge in [-0.2, -0.15) is 0 Å². The van der Waals surface area contributed by atoms with Gasteiger partial charge in [0, 0.05) is 36.2 Å². The molecule has 200 valence electrons. The minimum atomic E-state index is -0.151. The minimum Gasteiger partial charge on any atom is -0.495 e. The van der Waals surface area contributed by atoms with E-state index in [-0.39, 0.29) is 24.4 Å². The van der Waals surface area contributed by atoms with Crippen molar-refractivity contribution in [2.75, 3.05) is 19.0 Å². The minimum absolute atomic E-state index is 0.104. The van der Waals surface area contributed by atoms with Crippen LogP contribution in [-0.4, -0.2) is 39.1 Å². The van der Waals surface area contributed by atoms with E-state index in [1.54, 1.807) is 13.3 Å². The van der Waals surface area contributed by atoms with Crippen LogP contribution in [0.5, 0.6) is 5.75 Å². The molecule has 4 aromatic rings.